The number of hydrogen-bond acceptors (Lipinski definition) is 3. The molecule has 0 fully saturated rings. The summed E-state index contributed by atoms with van der Waals surface area (Å²) in [5.74, 6) is 0.150. The van der Waals surface area contributed by atoms with Crippen molar-refractivity contribution < 1.29 is 4.79 Å². The molecule has 1 aromatic heterocycles. The van der Waals surface area contributed by atoms with Gasteiger partial charge in [0.25, 0.3) is 0 Å². The zero-order valence-electron chi connectivity index (χ0n) is 9.55. The van der Waals surface area contributed by atoms with Gasteiger partial charge in [-0.05, 0) is 12.1 Å². The van der Waals surface area contributed by atoms with Crippen LogP contribution in [0.4, 0.5) is 0 Å². The second kappa shape index (κ2) is 6.89. The van der Waals surface area contributed by atoms with Crippen LogP contribution in [0.1, 0.15) is 18.7 Å². The predicted molar refractivity (Wildman–Crippen MR) is 68.9 cm³/mol. The average Bonchev–Trinajstić information content (AvgIpc) is 2.63. The fraction of sp³-hybridized carbons (Fsp3) is 0.545. The first-order valence-corrected chi connectivity index (χ1v) is 6.51. The maximum atomic E-state index is 11.2. The van der Waals surface area contributed by atoms with E-state index in [9.17, 15) is 4.79 Å². The van der Waals surface area contributed by atoms with Gasteiger partial charge in [0.2, 0.25) is 5.91 Å². The second-order valence-electron chi connectivity index (χ2n) is 3.83. The van der Waals surface area contributed by atoms with Crippen molar-refractivity contribution in [2.24, 2.45) is 5.92 Å². The molecule has 0 aliphatic carbocycles. The molecule has 0 bridgehead atoms. The second-order valence-corrected chi connectivity index (χ2v) is 5.63. The van der Waals surface area contributed by atoms with Crippen LogP contribution in [-0.2, 0) is 11.3 Å². The maximum absolute atomic E-state index is 11.2. The van der Waals surface area contributed by atoms with Gasteiger partial charge in [0, 0.05) is 30.4 Å². The van der Waals surface area contributed by atoms with Crippen LogP contribution in [0.2, 0.25) is 4.34 Å². The Hall–Kier alpha value is -0.580. The maximum Gasteiger partial charge on any atom is 0.222 e. The molecule has 2 N–H and O–H groups in total. The van der Waals surface area contributed by atoms with Crippen molar-refractivity contribution in [3.8, 4) is 0 Å². The lowest BCUT2D eigenvalue weighted by Crippen LogP contribution is -2.33. The Morgan fingerprint density at radius 2 is 2.19 bits per heavy atom. The van der Waals surface area contributed by atoms with Crippen molar-refractivity contribution in [2.45, 2.75) is 20.4 Å². The molecule has 90 valence electrons. The van der Waals surface area contributed by atoms with Gasteiger partial charge in [-0.3, -0.25) is 4.79 Å². The molecule has 0 atom stereocenters. The molecular formula is C11H17ClN2OS. The van der Waals surface area contributed by atoms with Crippen molar-refractivity contribution in [3.63, 3.8) is 0 Å². The fourth-order valence-corrected chi connectivity index (χ4v) is 2.19. The quantitative estimate of drug-likeness (QED) is 0.771. The number of carbonyl (C=O) groups excluding carboxylic acids is 1. The van der Waals surface area contributed by atoms with Gasteiger partial charge in [-0.2, -0.15) is 0 Å². The van der Waals surface area contributed by atoms with Gasteiger partial charge < -0.3 is 10.6 Å². The summed E-state index contributed by atoms with van der Waals surface area (Å²) in [4.78, 5) is 12.4. The third kappa shape index (κ3) is 4.96. The van der Waals surface area contributed by atoms with E-state index in [0.717, 1.165) is 17.4 Å². The van der Waals surface area contributed by atoms with E-state index in [2.05, 4.69) is 10.6 Å². The lowest BCUT2D eigenvalue weighted by molar-refractivity contribution is -0.123. The summed E-state index contributed by atoms with van der Waals surface area (Å²) >= 11 is 7.38. The molecule has 0 unspecified atom stereocenters. The fourth-order valence-electron chi connectivity index (χ4n) is 1.14. The summed E-state index contributed by atoms with van der Waals surface area (Å²) in [7, 11) is 0. The van der Waals surface area contributed by atoms with Crippen molar-refractivity contribution in [1.29, 1.82) is 0 Å². The normalized spacial score (nSPS) is 10.8. The number of thiophene rings is 1. The molecule has 0 spiro atoms. The number of nitrogens with one attached hydrogen (secondary N) is 2. The first-order chi connectivity index (χ1) is 7.59. The number of rotatable bonds is 6. The lowest BCUT2D eigenvalue weighted by atomic mass is 10.2. The largest absolute Gasteiger partial charge is 0.355 e. The van der Waals surface area contributed by atoms with Crippen LogP contribution in [0.15, 0.2) is 12.1 Å². The van der Waals surface area contributed by atoms with E-state index in [-0.39, 0.29) is 11.8 Å². The van der Waals surface area contributed by atoms with E-state index in [1.54, 1.807) is 11.3 Å². The molecule has 0 saturated heterocycles. The SMILES string of the molecule is CC(C)C(=O)NCCNCc1ccc(Cl)s1. The van der Waals surface area contributed by atoms with Crippen LogP contribution in [-0.4, -0.2) is 19.0 Å². The Balaban J connectivity index is 2.06. The molecule has 1 rings (SSSR count). The number of amides is 1. The van der Waals surface area contributed by atoms with Crippen molar-refractivity contribution in [2.75, 3.05) is 13.1 Å². The number of carbonyl (C=O) groups is 1. The molecule has 16 heavy (non-hydrogen) atoms. The van der Waals surface area contributed by atoms with Gasteiger partial charge in [-0.1, -0.05) is 25.4 Å². The molecule has 0 saturated carbocycles. The summed E-state index contributed by atoms with van der Waals surface area (Å²) in [6.45, 7) is 6.01. The van der Waals surface area contributed by atoms with E-state index in [0.29, 0.717) is 6.54 Å². The van der Waals surface area contributed by atoms with Crippen molar-refractivity contribution in [1.82, 2.24) is 10.6 Å². The third-order valence-corrected chi connectivity index (χ3v) is 3.28. The Morgan fingerprint density at radius 1 is 1.44 bits per heavy atom. The zero-order chi connectivity index (χ0) is 12.0. The summed E-state index contributed by atoms with van der Waals surface area (Å²) in [6, 6.07) is 3.90. The highest BCUT2D eigenvalue weighted by atomic mass is 35.5. The minimum atomic E-state index is 0.0519. The summed E-state index contributed by atoms with van der Waals surface area (Å²) < 4.78 is 0.810. The average molecular weight is 261 g/mol. The first-order valence-electron chi connectivity index (χ1n) is 5.32. The lowest BCUT2D eigenvalue weighted by Gasteiger charge is -2.07. The minimum absolute atomic E-state index is 0.0519. The van der Waals surface area contributed by atoms with Gasteiger partial charge in [-0.25, -0.2) is 0 Å². The third-order valence-electron chi connectivity index (χ3n) is 2.05. The van der Waals surface area contributed by atoms with Gasteiger partial charge >= 0.3 is 0 Å². The molecule has 1 aromatic rings. The smallest absolute Gasteiger partial charge is 0.222 e. The first kappa shape index (κ1) is 13.5. The van der Waals surface area contributed by atoms with Gasteiger partial charge in [0.05, 0.1) is 4.34 Å². The Labute approximate surface area is 105 Å². The van der Waals surface area contributed by atoms with Gasteiger partial charge in [0.1, 0.15) is 0 Å². The Bertz CT molecular complexity index is 338. The van der Waals surface area contributed by atoms with Crippen LogP contribution >= 0.6 is 22.9 Å². The van der Waals surface area contributed by atoms with Crippen LogP contribution in [0.3, 0.4) is 0 Å². The molecule has 5 heteroatoms. The predicted octanol–water partition coefficient (Wildman–Crippen LogP) is 2.26. The van der Waals surface area contributed by atoms with Crippen LogP contribution < -0.4 is 10.6 Å². The Morgan fingerprint density at radius 3 is 2.75 bits per heavy atom. The molecule has 0 radical (unpaired) electrons. The summed E-state index contributed by atoms with van der Waals surface area (Å²) in [5.41, 5.74) is 0. The monoisotopic (exact) mass is 260 g/mol. The highest BCUT2D eigenvalue weighted by Crippen LogP contribution is 2.20. The van der Waals surface area contributed by atoms with E-state index < -0.39 is 0 Å². The Kier molecular flexibility index (Phi) is 5.80. The minimum Gasteiger partial charge on any atom is -0.355 e. The topological polar surface area (TPSA) is 41.1 Å². The van der Waals surface area contributed by atoms with E-state index in [4.69, 9.17) is 11.6 Å². The molecule has 1 heterocycles. The molecule has 3 nitrogen and oxygen atoms in total. The molecule has 0 aliphatic rings. The standard InChI is InChI=1S/C11H17ClN2OS/c1-8(2)11(15)14-6-5-13-7-9-3-4-10(12)16-9/h3-4,8,13H,5-7H2,1-2H3,(H,14,15). The molecule has 0 aliphatic heterocycles. The summed E-state index contributed by atoms with van der Waals surface area (Å²) in [5, 5.41) is 6.10. The highest BCUT2D eigenvalue weighted by Gasteiger charge is 2.04. The van der Waals surface area contributed by atoms with Gasteiger partial charge in [0.15, 0.2) is 0 Å². The van der Waals surface area contributed by atoms with Crippen molar-refractivity contribution in [3.05, 3.63) is 21.3 Å². The highest BCUT2D eigenvalue weighted by molar-refractivity contribution is 7.16. The van der Waals surface area contributed by atoms with E-state index >= 15 is 0 Å². The zero-order valence-corrected chi connectivity index (χ0v) is 11.1. The number of halogens is 1. The van der Waals surface area contributed by atoms with E-state index in [1.165, 1.54) is 4.88 Å². The molecule has 0 aromatic carbocycles. The van der Waals surface area contributed by atoms with Gasteiger partial charge in [-0.15, -0.1) is 11.3 Å². The van der Waals surface area contributed by atoms with E-state index in [1.807, 2.05) is 26.0 Å². The molecular weight excluding hydrogens is 244 g/mol. The summed E-state index contributed by atoms with van der Waals surface area (Å²) in [6.07, 6.45) is 0. The van der Waals surface area contributed by atoms with Crippen LogP contribution in [0, 0.1) is 5.92 Å². The van der Waals surface area contributed by atoms with Crippen LogP contribution in [0.5, 0.6) is 0 Å². The molecule has 1 amide bonds. The number of hydrogen-bond donors (Lipinski definition) is 2. The van der Waals surface area contributed by atoms with Crippen LogP contribution in [0.25, 0.3) is 0 Å². The van der Waals surface area contributed by atoms with Crippen molar-refractivity contribution >= 4 is 28.8 Å².